The Labute approximate surface area is 101 Å². The Hall–Kier alpha value is -1.96. The van der Waals surface area contributed by atoms with Crippen LogP contribution in [0.2, 0.25) is 0 Å². The van der Waals surface area contributed by atoms with Crippen molar-refractivity contribution in [1.29, 1.82) is 0 Å². The van der Waals surface area contributed by atoms with Crippen LogP contribution in [0.1, 0.15) is 16.1 Å². The van der Waals surface area contributed by atoms with Gasteiger partial charge in [-0.1, -0.05) is 0 Å². The van der Waals surface area contributed by atoms with Crippen LogP contribution in [0.5, 0.6) is 0 Å². The van der Waals surface area contributed by atoms with Crippen LogP contribution in [0.15, 0.2) is 22.3 Å². The van der Waals surface area contributed by atoms with E-state index in [0.29, 0.717) is 15.9 Å². The topological polar surface area (TPSA) is 93.8 Å². The molecule has 0 fully saturated rings. The molecular formula is C9H9N5O2S. The highest BCUT2D eigenvalue weighted by Crippen LogP contribution is 2.23. The summed E-state index contributed by atoms with van der Waals surface area (Å²) < 4.78 is 1.52. The second kappa shape index (κ2) is 4.50. The van der Waals surface area contributed by atoms with Crippen LogP contribution < -0.4 is 0 Å². The fraction of sp³-hybridized carbons (Fsp3) is 0.222. The molecule has 1 N–H and O–H groups in total. The van der Waals surface area contributed by atoms with Crippen LogP contribution in [-0.2, 0) is 7.05 Å². The predicted molar refractivity (Wildman–Crippen MR) is 58.9 cm³/mol. The molecule has 0 saturated heterocycles. The summed E-state index contributed by atoms with van der Waals surface area (Å²) in [5, 5.41) is 21.1. The molecule has 0 amide bonds. The fourth-order valence-electron chi connectivity index (χ4n) is 1.22. The summed E-state index contributed by atoms with van der Waals surface area (Å²) in [7, 11) is 1.72. The van der Waals surface area contributed by atoms with Gasteiger partial charge in [0, 0.05) is 7.05 Å². The Balaban J connectivity index is 2.27. The highest BCUT2D eigenvalue weighted by Gasteiger charge is 2.11. The molecular weight excluding hydrogens is 242 g/mol. The third kappa shape index (κ3) is 2.41. The second-order valence-corrected chi connectivity index (χ2v) is 4.26. The Morgan fingerprint density at radius 3 is 2.76 bits per heavy atom. The first-order valence-electron chi connectivity index (χ1n) is 4.69. The van der Waals surface area contributed by atoms with E-state index >= 15 is 0 Å². The van der Waals surface area contributed by atoms with Crippen molar-refractivity contribution in [1.82, 2.24) is 25.2 Å². The van der Waals surface area contributed by atoms with Crippen molar-refractivity contribution in [2.75, 3.05) is 0 Å². The molecule has 0 radical (unpaired) electrons. The molecule has 88 valence electrons. The number of hydrogen-bond donors (Lipinski definition) is 1. The van der Waals surface area contributed by atoms with Gasteiger partial charge in [-0.15, -0.1) is 5.10 Å². The summed E-state index contributed by atoms with van der Waals surface area (Å²) in [5.74, 6) is -0.980. The average Bonchev–Trinajstić information content (AvgIpc) is 2.64. The van der Waals surface area contributed by atoms with Crippen molar-refractivity contribution in [2.45, 2.75) is 17.1 Å². The van der Waals surface area contributed by atoms with E-state index in [1.807, 2.05) is 0 Å². The van der Waals surface area contributed by atoms with Crippen molar-refractivity contribution in [3.05, 3.63) is 23.4 Å². The van der Waals surface area contributed by atoms with Crippen LogP contribution in [0.25, 0.3) is 0 Å². The smallest absolute Gasteiger partial charge is 0.337 e. The van der Waals surface area contributed by atoms with Crippen molar-refractivity contribution in [3.8, 4) is 0 Å². The van der Waals surface area contributed by atoms with Gasteiger partial charge in [-0.2, -0.15) is 0 Å². The van der Waals surface area contributed by atoms with Gasteiger partial charge in [0.25, 0.3) is 0 Å². The third-order valence-corrected chi connectivity index (χ3v) is 3.03. The van der Waals surface area contributed by atoms with E-state index < -0.39 is 5.97 Å². The molecule has 8 heteroatoms. The average molecular weight is 251 g/mol. The second-order valence-electron chi connectivity index (χ2n) is 3.27. The van der Waals surface area contributed by atoms with E-state index in [1.165, 1.54) is 22.5 Å². The number of hydrogen-bond acceptors (Lipinski definition) is 6. The molecule has 2 aromatic rings. The summed E-state index contributed by atoms with van der Waals surface area (Å²) in [4.78, 5) is 15.0. The van der Waals surface area contributed by atoms with Crippen molar-refractivity contribution >= 4 is 17.7 Å². The maximum absolute atomic E-state index is 10.8. The van der Waals surface area contributed by atoms with E-state index in [2.05, 4.69) is 20.5 Å². The Kier molecular flexibility index (Phi) is 3.05. The number of nitrogens with zero attached hydrogens (tertiary/aromatic N) is 5. The quantitative estimate of drug-likeness (QED) is 0.860. The van der Waals surface area contributed by atoms with Crippen LogP contribution in [0.3, 0.4) is 0 Å². The maximum Gasteiger partial charge on any atom is 0.337 e. The van der Waals surface area contributed by atoms with Crippen molar-refractivity contribution in [2.24, 2.45) is 7.05 Å². The van der Waals surface area contributed by atoms with E-state index in [0.717, 1.165) is 0 Å². The Morgan fingerprint density at radius 1 is 1.47 bits per heavy atom. The zero-order chi connectivity index (χ0) is 12.4. The van der Waals surface area contributed by atoms with E-state index in [9.17, 15) is 4.79 Å². The summed E-state index contributed by atoms with van der Waals surface area (Å²) in [6, 6.07) is 3.16. The molecule has 7 nitrogen and oxygen atoms in total. The molecule has 0 bridgehead atoms. The van der Waals surface area contributed by atoms with E-state index in [4.69, 9.17) is 5.11 Å². The number of tetrazole rings is 1. The molecule has 0 unspecified atom stereocenters. The first-order valence-corrected chi connectivity index (χ1v) is 5.50. The number of carboxylic acid groups (broad SMARTS) is 1. The van der Waals surface area contributed by atoms with Gasteiger partial charge in [0.05, 0.1) is 11.3 Å². The summed E-state index contributed by atoms with van der Waals surface area (Å²) in [5.41, 5.74) is 0.670. The zero-order valence-electron chi connectivity index (χ0n) is 9.15. The van der Waals surface area contributed by atoms with Gasteiger partial charge in [0.15, 0.2) is 0 Å². The lowest BCUT2D eigenvalue weighted by Crippen LogP contribution is -2.02. The molecule has 0 aliphatic heterocycles. The predicted octanol–water partition coefficient (Wildman–Crippen LogP) is 0.763. The molecule has 0 spiro atoms. The van der Waals surface area contributed by atoms with Crippen molar-refractivity contribution in [3.63, 3.8) is 0 Å². The molecule has 0 aliphatic rings. The third-order valence-electron chi connectivity index (χ3n) is 2.07. The standard InChI is InChI=1S/C9H9N5O2S/c1-5-6(8(15)16)3-4-7(10-5)17-9-11-12-13-14(9)2/h3-4H,1-2H3,(H,15,16). The van der Waals surface area contributed by atoms with Gasteiger partial charge in [-0.25, -0.2) is 14.5 Å². The van der Waals surface area contributed by atoms with Crippen molar-refractivity contribution < 1.29 is 9.90 Å². The van der Waals surface area contributed by atoms with Crippen LogP contribution >= 0.6 is 11.8 Å². The molecule has 2 heterocycles. The lowest BCUT2D eigenvalue weighted by molar-refractivity contribution is 0.0695. The number of aromatic carboxylic acids is 1. The molecule has 0 aromatic carbocycles. The highest BCUT2D eigenvalue weighted by atomic mass is 32.2. The maximum atomic E-state index is 10.8. The van der Waals surface area contributed by atoms with Gasteiger partial charge in [0.1, 0.15) is 5.03 Å². The number of pyridine rings is 1. The SMILES string of the molecule is Cc1nc(Sc2nnnn2C)ccc1C(=O)O. The van der Waals surface area contributed by atoms with E-state index in [-0.39, 0.29) is 5.56 Å². The molecule has 0 atom stereocenters. The number of carboxylic acids is 1. The minimum Gasteiger partial charge on any atom is -0.478 e. The summed E-state index contributed by atoms with van der Waals surface area (Å²) in [6.45, 7) is 1.66. The van der Waals surface area contributed by atoms with E-state index in [1.54, 1.807) is 20.0 Å². The van der Waals surface area contributed by atoms with Crippen LogP contribution in [0, 0.1) is 6.92 Å². The minimum atomic E-state index is -0.980. The monoisotopic (exact) mass is 251 g/mol. The molecule has 2 aromatic heterocycles. The lowest BCUT2D eigenvalue weighted by Gasteiger charge is -2.02. The fourth-order valence-corrected chi connectivity index (χ4v) is 1.97. The van der Waals surface area contributed by atoms with Gasteiger partial charge in [0.2, 0.25) is 5.16 Å². The first-order chi connectivity index (χ1) is 8.08. The number of aromatic nitrogens is 5. The van der Waals surface area contributed by atoms with Gasteiger partial charge >= 0.3 is 5.97 Å². The summed E-state index contributed by atoms with van der Waals surface area (Å²) >= 11 is 1.28. The van der Waals surface area contributed by atoms with Crippen LogP contribution in [0.4, 0.5) is 0 Å². The molecule has 17 heavy (non-hydrogen) atoms. The Morgan fingerprint density at radius 2 is 2.24 bits per heavy atom. The zero-order valence-corrected chi connectivity index (χ0v) is 9.97. The highest BCUT2D eigenvalue weighted by molar-refractivity contribution is 7.99. The van der Waals surface area contributed by atoms with Gasteiger partial charge in [-0.3, -0.25) is 0 Å². The normalized spacial score (nSPS) is 10.5. The summed E-state index contributed by atoms with van der Waals surface area (Å²) in [6.07, 6.45) is 0. The number of carbonyl (C=O) groups is 1. The lowest BCUT2D eigenvalue weighted by atomic mass is 10.2. The number of rotatable bonds is 3. The van der Waals surface area contributed by atoms with Gasteiger partial charge in [-0.05, 0) is 41.2 Å². The van der Waals surface area contributed by atoms with Gasteiger partial charge < -0.3 is 5.11 Å². The first kappa shape index (κ1) is 11.5. The molecule has 0 saturated carbocycles. The minimum absolute atomic E-state index is 0.199. The largest absolute Gasteiger partial charge is 0.478 e. The van der Waals surface area contributed by atoms with Crippen LogP contribution in [-0.4, -0.2) is 36.3 Å². The Bertz CT molecular complexity index is 568. The number of aryl methyl sites for hydroxylation is 2. The molecule has 0 aliphatic carbocycles. The molecule has 2 rings (SSSR count).